The summed E-state index contributed by atoms with van der Waals surface area (Å²) < 4.78 is 0. The molecule has 4 N–H and O–H groups in total. The number of aliphatic hydroxyl groups excluding tert-OH is 4. The summed E-state index contributed by atoms with van der Waals surface area (Å²) in [4.78, 5) is 0. The summed E-state index contributed by atoms with van der Waals surface area (Å²) in [7, 11) is 0. The maximum absolute atomic E-state index is 10.1. The second-order valence-electron chi connectivity index (χ2n) is 27.4. The molecule has 4 aliphatic rings. The fourth-order valence-corrected chi connectivity index (χ4v) is 12.3. The van der Waals surface area contributed by atoms with Crippen LogP contribution >= 0.6 is 0 Å². The fraction of sp³-hybridized carbons (Fsp3) is 0.450. The van der Waals surface area contributed by atoms with E-state index in [1.54, 1.807) is 0 Å². The van der Waals surface area contributed by atoms with Crippen LogP contribution in [0.5, 0.6) is 0 Å². The summed E-state index contributed by atoms with van der Waals surface area (Å²) in [6.07, 6.45) is 65.2. The van der Waals surface area contributed by atoms with Gasteiger partial charge in [0.25, 0.3) is 0 Å². The molecular formula is C80H112O4. The predicted molar refractivity (Wildman–Crippen MR) is 368 cm³/mol. The number of hydrogen-bond donors (Lipinski definition) is 4. The molecule has 0 radical (unpaired) electrons. The van der Waals surface area contributed by atoms with Crippen LogP contribution in [-0.4, -0.2) is 44.8 Å². The lowest BCUT2D eigenvalue weighted by Gasteiger charge is -2.35. The zero-order valence-corrected chi connectivity index (χ0v) is 55.9. The standard InChI is InChI=1S/2C40H56O2/c2*1-29(17-13-19-31(3)21-23-37-33(5)25-35(41)27-39(37,7)8)15-11-12-16-30(2)18-14-20-32(4)22-24-38-34(6)26-36(42)28-40(38,9)10/h2*11-24,35-36,41-42H,25-28H2,1-10H3/b2*12-11+,17-13+,18-14+,23-21+,24-22+,29-15+,30-16+,31-19+,32-20+/t2*35-,36-/m11/s1. The topological polar surface area (TPSA) is 80.9 Å². The minimum atomic E-state index is -0.227. The normalized spacial score (nSPS) is 25.0. The Kier molecular flexibility index (Phi) is 29.6. The van der Waals surface area contributed by atoms with Crippen LogP contribution in [0.15, 0.2) is 259 Å². The second kappa shape index (κ2) is 34.3. The number of rotatable bonds is 20. The summed E-state index contributed by atoms with van der Waals surface area (Å²) in [6, 6.07) is 0. The molecule has 0 unspecified atom stereocenters. The van der Waals surface area contributed by atoms with Crippen molar-refractivity contribution < 1.29 is 20.4 Å². The van der Waals surface area contributed by atoms with Gasteiger partial charge in [-0.15, -0.1) is 0 Å². The third-order valence-corrected chi connectivity index (χ3v) is 16.5. The van der Waals surface area contributed by atoms with E-state index in [1.807, 2.05) is 0 Å². The molecule has 0 spiro atoms. The van der Waals surface area contributed by atoms with E-state index < -0.39 is 0 Å². The summed E-state index contributed by atoms with van der Waals surface area (Å²) in [5.74, 6) is 0. The van der Waals surface area contributed by atoms with Crippen molar-refractivity contribution in [2.75, 3.05) is 0 Å². The Balaban J connectivity index is 0.000000440. The molecule has 84 heavy (non-hydrogen) atoms. The number of allylic oxidation sites excluding steroid dienone is 40. The molecule has 0 saturated carbocycles. The number of aliphatic hydroxyl groups is 4. The maximum Gasteiger partial charge on any atom is 0.0585 e. The molecule has 4 aliphatic carbocycles. The van der Waals surface area contributed by atoms with Crippen molar-refractivity contribution in [2.45, 2.75) is 214 Å². The molecule has 456 valence electrons. The summed E-state index contributed by atoms with van der Waals surface area (Å²) in [5.41, 5.74) is 20.1. The quantitative estimate of drug-likeness (QED) is 0.0916. The van der Waals surface area contributed by atoms with Crippen LogP contribution in [0.2, 0.25) is 0 Å². The zero-order chi connectivity index (χ0) is 63.0. The minimum absolute atomic E-state index is 0.00547. The van der Waals surface area contributed by atoms with Crippen LogP contribution in [-0.2, 0) is 0 Å². The van der Waals surface area contributed by atoms with Gasteiger partial charge in [0.2, 0.25) is 0 Å². The van der Waals surface area contributed by atoms with E-state index in [4.69, 9.17) is 0 Å². The van der Waals surface area contributed by atoms with E-state index in [0.717, 1.165) is 51.4 Å². The van der Waals surface area contributed by atoms with Crippen molar-refractivity contribution in [2.24, 2.45) is 21.7 Å². The van der Waals surface area contributed by atoms with Crippen molar-refractivity contribution in [3.05, 3.63) is 259 Å². The molecule has 4 nitrogen and oxygen atoms in total. The van der Waals surface area contributed by atoms with E-state index in [1.165, 1.54) is 89.2 Å². The summed E-state index contributed by atoms with van der Waals surface area (Å²) >= 11 is 0. The van der Waals surface area contributed by atoms with Gasteiger partial charge in [-0.1, -0.05) is 292 Å². The van der Waals surface area contributed by atoms with E-state index in [0.29, 0.717) is 0 Å². The largest absolute Gasteiger partial charge is 0.393 e. The molecule has 0 fully saturated rings. The van der Waals surface area contributed by atoms with E-state index in [9.17, 15) is 20.4 Å². The maximum atomic E-state index is 10.1. The molecular weight excluding hydrogens is 1020 g/mol. The SMILES string of the molecule is CC1=C(/C=C/C(C)=C/C=C/C(C)=C/C=C/C=C(C)/C=C/C=C(C)/C=C/C2=C(C)C[C@@H](O)CC2(C)C)C(C)(C)C[C@H](O)C1.CC1=C(/C=C/C(C)=C/C=C/C(C)=C/C=C/C=C(C)/C=C/C=C(C)/C=C/C2=C(C)C[C@@H](O)CC2(C)C)C(C)(C)C[C@H](O)C1. The Bertz CT molecular complexity index is 2580. The van der Waals surface area contributed by atoms with Gasteiger partial charge in [-0.2, -0.15) is 0 Å². The third-order valence-electron chi connectivity index (χ3n) is 16.5. The van der Waals surface area contributed by atoms with Gasteiger partial charge in [-0.3, -0.25) is 0 Å². The van der Waals surface area contributed by atoms with Crippen molar-refractivity contribution in [1.82, 2.24) is 0 Å². The lowest BCUT2D eigenvalue weighted by Crippen LogP contribution is -2.28. The molecule has 0 aliphatic heterocycles. The molecule has 4 atom stereocenters. The summed E-state index contributed by atoms with van der Waals surface area (Å²) in [6.45, 7) is 43.2. The van der Waals surface area contributed by atoms with Gasteiger partial charge in [0.05, 0.1) is 24.4 Å². The van der Waals surface area contributed by atoms with Gasteiger partial charge < -0.3 is 20.4 Å². The van der Waals surface area contributed by atoms with Crippen molar-refractivity contribution in [3.8, 4) is 0 Å². The number of hydrogen-bond acceptors (Lipinski definition) is 4. The van der Waals surface area contributed by atoms with Crippen molar-refractivity contribution in [1.29, 1.82) is 0 Å². The van der Waals surface area contributed by atoms with E-state index >= 15 is 0 Å². The first-order valence-electron chi connectivity index (χ1n) is 30.9. The molecule has 4 rings (SSSR count). The van der Waals surface area contributed by atoms with E-state index in [-0.39, 0.29) is 46.1 Å². The van der Waals surface area contributed by atoms with Gasteiger partial charge in [-0.05, 0) is 178 Å². The highest BCUT2D eigenvalue weighted by Gasteiger charge is 2.34. The Labute approximate surface area is 513 Å². The molecule has 0 saturated heterocycles. The first-order chi connectivity index (χ1) is 39.2. The van der Waals surface area contributed by atoms with Crippen molar-refractivity contribution in [3.63, 3.8) is 0 Å². The Hall–Kier alpha value is -5.88. The Morgan fingerprint density at radius 2 is 0.429 bits per heavy atom. The molecule has 0 aromatic carbocycles. The van der Waals surface area contributed by atoms with Crippen LogP contribution in [0.4, 0.5) is 0 Å². The lowest BCUT2D eigenvalue weighted by molar-refractivity contribution is 0.116. The monoisotopic (exact) mass is 1140 g/mol. The fourth-order valence-electron chi connectivity index (χ4n) is 12.3. The zero-order valence-electron chi connectivity index (χ0n) is 55.9. The van der Waals surface area contributed by atoms with Crippen LogP contribution < -0.4 is 0 Å². The molecule has 0 aromatic rings. The first kappa shape index (κ1) is 72.4. The van der Waals surface area contributed by atoms with Crippen LogP contribution in [0.25, 0.3) is 0 Å². The highest BCUT2D eigenvalue weighted by Crippen LogP contribution is 2.44. The van der Waals surface area contributed by atoms with Crippen LogP contribution in [0, 0.1) is 21.7 Å². The molecule has 4 heteroatoms. The predicted octanol–water partition coefficient (Wildman–Crippen LogP) is 21.1. The second-order valence-corrected chi connectivity index (χ2v) is 27.4. The Morgan fingerprint density at radius 3 is 0.595 bits per heavy atom. The van der Waals surface area contributed by atoms with Gasteiger partial charge in [0.1, 0.15) is 0 Å². The minimum Gasteiger partial charge on any atom is -0.393 e. The van der Waals surface area contributed by atoms with Gasteiger partial charge in [-0.25, -0.2) is 0 Å². The molecule has 0 heterocycles. The van der Waals surface area contributed by atoms with Crippen LogP contribution in [0.3, 0.4) is 0 Å². The van der Waals surface area contributed by atoms with Crippen molar-refractivity contribution >= 4 is 0 Å². The highest BCUT2D eigenvalue weighted by molar-refractivity contribution is 5.42. The Morgan fingerprint density at radius 1 is 0.274 bits per heavy atom. The molecule has 0 bridgehead atoms. The van der Waals surface area contributed by atoms with Gasteiger partial charge in [0, 0.05) is 0 Å². The third kappa shape index (κ3) is 26.2. The lowest BCUT2D eigenvalue weighted by atomic mass is 9.71. The highest BCUT2D eigenvalue weighted by atomic mass is 16.3. The molecule has 0 aromatic heterocycles. The summed E-state index contributed by atoms with van der Waals surface area (Å²) in [5, 5.41) is 40.4. The van der Waals surface area contributed by atoms with E-state index in [2.05, 4.69) is 309 Å². The average Bonchev–Trinajstić information content (AvgIpc) is 3.38. The van der Waals surface area contributed by atoms with Crippen LogP contribution in [0.1, 0.15) is 190 Å². The average molecular weight is 1140 g/mol. The van der Waals surface area contributed by atoms with Gasteiger partial charge in [0.15, 0.2) is 0 Å². The smallest absolute Gasteiger partial charge is 0.0585 e. The first-order valence-corrected chi connectivity index (χ1v) is 30.9. The van der Waals surface area contributed by atoms with Gasteiger partial charge >= 0.3 is 0 Å². The molecule has 0 amide bonds.